The summed E-state index contributed by atoms with van der Waals surface area (Å²) in [7, 11) is 0. The molecule has 0 amide bonds. The fourth-order valence-electron chi connectivity index (χ4n) is 3.35. The number of halogens is 3. The summed E-state index contributed by atoms with van der Waals surface area (Å²) in [5.74, 6) is -2.70. The highest BCUT2D eigenvalue weighted by Crippen LogP contribution is 2.62. The number of hydrogen-bond donors (Lipinski definition) is 1. The summed E-state index contributed by atoms with van der Waals surface area (Å²) in [4.78, 5) is 1.93. The van der Waals surface area contributed by atoms with E-state index in [1.807, 2.05) is 4.90 Å². The van der Waals surface area contributed by atoms with Crippen LogP contribution < -0.4 is 0 Å². The molecule has 0 aromatic carbocycles. The van der Waals surface area contributed by atoms with E-state index < -0.39 is 24.1 Å². The Bertz CT molecular complexity index is 308. The fourth-order valence-corrected chi connectivity index (χ4v) is 3.35. The van der Waals surface area contributed by atoms with Gasteiger partial charge in [-0.05, 0) is 12.8 Å². The van der Waals surface area contributed by atoms with Crippen LogP contribution in [0.3, 0.4) is 0 Å². The van der Waals surface area contributed by atoms with Crippen molar-refractivity contribution >= 4 is 0 Å². The number of aliphatic hydroxyl groups is 1. The van der Waals surface area contributed by atoms with Crippen molar-refractivity contribution in [3.8, 4) is 0 Å². The van der Waals surface area contributed by atoms with Crippen molar-refractivity contribution in [2.24, 2.45) is 10.8 Å². The van der Waals surface area contributed by atoms with Crippen LogP contribution in [0.4, 0.5) is 13.2 Å². The summed E-state index contributed by atoms with van der Waals surface area (Å²) in [5.41, 5.74) is -1.12. The largest absolute Gasteiger partial charge is 0.396 e. The Balaban J connectivity index is 1.52. The second-order valence-corrected chi connectivity index (χ2v) is 5.97. The van der Waals surface area contributed by atoms with Crippen LogP contribution in [0.25, 0.3) is 0 Å². The van der Waals surface area contributed by atoms with E-state index in [4.69, 9.17) is 5.11 Å². The van der Waals surface area contributed by atoms with E-state index in [-0.39, 0.29) is 18.4 Å². The molecule has 5 heteroatoms. The molecule has 1 spiro atoms. The first-order chi connectivity index (χ1) is 7.40. The fraction of sp³-hybridized carbons (Fsp3) is 1.00. The first-order valence-corrected chi connectivity index (χ1v) is 5.76. The topological polar surface area (TPSA) is 23.5 Å². The molecule has 2 aliphatic carbocycles. The van der Waals surface area contributed by atoms with Gasteiger partial charge >= 0.3 is 0 Å². The van der Waals surface area contributed by atoms with E-state index in [2.05, 4.69) is 0 Å². The smallest absolute Gasteiger partial charge is 0.258 e. The third-order valence-electron chi connectivity index (χ3n) is 4.47. The highest BCUT2D eigenvalue weighted by atomic mass is 19.3. The van der Waals surface area contributed by atoms with Gasteiger partial charge in [-0.1, -0.05) is 0 Å². The van der Waals surface area contributed by atoms with Gasteiger partial charge in [-0.3, -0.25) is 0 Å². The second kappa shape index (κ2) is 2.93. The molecule has 92 valence electrons. The van der Waals surface area contributed by atoms with E-state index in [1.54, 1.807) is 0 Å². The van der Waals surface area contributed by atoms with Crippen LogP contribution >= 0.6 is 0 Å². The monoisotopic (exact) mass is 235 g/mol. The Hall–Kier alpha value is -0.290. The van der Waals surface area contributed by atoms with Crippen molar-refractivity contribution in [1.82, 2.24) is 4.90 Å². The zero-order chi connectivity index (χ0) is 11.6. The lowest BCUT2D eigenvalue weighted by molar-refractivity contribution is -0.117. The molecular formula is C11H16F3NO. The van der Waals surface area contributed by atoms with Gasteiger partial charge < -0.3 is 10.0 Å². The molecule has 1 heterocycles. The van der Waals surface area contributed by atoms with Gasteiger partial charge in [-0.15, -0.1) is 0 Å². The Kier molecular flexibility index (Phi) is 1.99. The first kappa shape index (κ1) is 10.8. The number of likely N-dealkylation sites (tertiary alicyclic amines) is 1. The minimum absolute atomic E-state index is 0.0836. The average Bonchev–Trinajstić information content (AvgIpc) is 2.63. The number of alkyl halides is 3. The molecule has 0 bridgehead atoms. The normalized spacial score (nSPS) is 40.5. The summed E-state index contributed by atoms with van der Waals surface area (Å²) in [6.45, 7) is 1.26. The number of rotatable bonds is 3. The van der Waals surface area contributed by atoms with Gasteiger partial charge in [0.25, 0.3) is 5.92 Å². The van der Waals surface area contributed by atoms with Crippen LogP contribution in [0.2, 0.25) is 0 Å². The number of nitrogens with zero attached hydrogens (tertiary/aromatic N) is 1. The summed E-state index contributed by atoms with van der Waals surface area (Å²) in [5, 5.41) is 9.04. The van der Waals surface area contributed by atoms with Crippen molar-refractivity contribution in [2.45, 2.75) is 31.4 Å². The summed E-state index contributed by atoms with van der Waals surface area (Å²) in [6, 6.07) is 0. The number of hydrogen-bond acceptors (Lipinski definition) is 2. The zero-order valence-electron chi connectivity index (χ0n) is 9.06. The maximum atomic E-state index is 13.1. The molecule has 1 saturated heterocycles. The molecule has 2 nitrogen and oxygen atoms in total. The van der Waals surface area contributed by atoms with E-state index in [9.17, 15) is 13.2 Å². The lowest BCUT2D eigenvalue weighted by Gasteiger charge is -2.57. The van der Waals surface area contributed by atoms with Crippen molar-refractivity contribution in [3.63, 3.8) is 0 Å². The Morgan fingerprint density at radius 1 is 1.25 bits per heavy atom. The van der Waals surface area contributed by atoms with Gasteiger partial charge in [-0.25, -0.2) is 13.2 Å². The van der Waals surface area contributed by atoms with E-state index in [0.29, 0.717) is 12.8 Å². The standard InChI is InChI=1S/C11H16F3NO/c12-8-1-9(2-8)4-15(5-9)6-10(7-16)3-11(10,13)14/h8,16H,1-7H2/t10-/m1/s1. The molecule has 0 aromatic heterocycles. The van der Waals surface area contributed by atoms with Crippen LogP contribution in [0.15, 0.2) is 0 Å². The molecule has 2 saturated carbocycles. The van der Waals surface area contributed by atoms with E-state index >= 15 is 0 Å². The third kappa shape index (κ3) is 1.34. The van der Waals surface area contributed by atoms with Crippen LogP contribution in [0.5, 0.6) is 0 Å². The van der Waals surface area contributed by atoms with Gasteiger partial charge in [0.2, 0.25) is 0 Å². The van der Waals surface area contributed by atoms with Crippen molar-refractivity contribution in [3.05, 3.63) is 0 Å². The Morgan fingerprint density at radius 2 is 1.81 bits per heavy atom. The van der Waals surface area contributed by atoms with Gasteiger partial charge in [0, 0.05) is 31.5 Å². The zero-order valence-corrected chi connectivity index (χ0v) is 9.06. The van der Waals surface area contributed by atoms with Crippen molar-refractivity contribution in [2.75, 3.05) is 26.2 Å². The molecule has 1 N–H and O–H groups in total. The lowest BCUT2D eigenvalue weighted by atomic mass is 9.62. The average molecular weight is 235 g/mol. The molecule has 1 aliphatic heterocycles. The molecule has 3 fully saturated rings. The molecule has 0 unspecified atom stereocenters. The molecule has 3 rings (SSSR count). The maximum absolute atomic E-state index is 13.1. The van der Waals surface area contributed by atoms with E-state index in [1.165, 1.54) is 0 Å². The van der Waals surface area contributed by atoms with Crippen LogP contribution in [0.1, 0.15) is 19.3 Å². The SMILES string of the molecule is OC[C@]1(CN2CC3(CC(F)C3)C2)CC1(F)F. The van der Waals surface area contributed by atoms with Crippen LogP contribution in [0, 0.1) is 10.8 Å². The molecule has 1 atom stereocenters. The molecule has 3 aliphatic rings. The molecule has 0 radical (unpaired) electrons. The van der Waals surface area contributed by atoms with Crippen LogP contribution in [-0.4, -0.2) is 48.3 Å². The Labute approximate surface area is 92.4 Å². The second-order valence-electron chi connectivity index (χ2n) is 5.97. The predicted octanol–water partition coefficient (Wildman–Crippen LogP) is 1.44. The maximum Gasteiger partial charge on any atom is 0.258 e. The minimum atomic E-state index is -2.70. The highest BCUT2D eigenvalue weighted by molar-refractivity contribution is 5.14. The number of aliphatic hydroxyl groups excluding tert-OH is 1. The van der Waals surface area contributed by atoms with Gasteiger partial charge in [0.05, 0.1) is 12.0 Å². The quantitative estimate of drug-likeness (QED) is 0.800. The minimum Gasteiger partial charge on any atom is -0.396 e. The van der Waals surface area contributed by atoms with E-state index in [0.717, 1.165) is 13.1 Å². The summed E-state index contributed by atoms with van der Waals surface area (Å²) >= 11 is 0. The van der Waals surface area contributed by atoms with Crippen LogP contribution in [-0.2, 0) is 0 Å². The van der Waals surface area contributed by atoms with Crippen molar-refractivity contribution in [1.29, 1.82) is 0 Å². The van der Waals surface area contributed by atoms with Gasteiger partial charge in [0.15, 0.2) is 0 Å². The summed E-state index contributed by atoms with van der Waals surface area (Å²) in [6.07, 6.45) is 0.292. The third-order valence-corrected chi connectivity index (χ3v) is 4.47. The molecule has 0 aromatic rings. The first-order valence-electron chi connectivity index (χ1n) is 5.76. The predicted molar refractivity (Wildman–Crippen MR) is 52.1 cm³/mol. The van der Waals surface area contributed by atoms with Gasteiger partial charge in [-0.2, -0.15) is 0 Å². The highest BCUT2D eigenvalue weighted by Gasteiger charge is 2.72. The Morgan fingerprint density at radius 3 is 2.19 bits per heavy atom. The molecule has 16 heavy (non-hydrogen) atoms. The summed E-state index contributed by atoms with van der Waals surface area (Å²) < 4.78 is 38.9. The van der Waals surface area contributed by atoms with Gasteiger partial charge in [0.1, 0.15) is 6.17 Å². The lowest BCUT2D eigenvalue weighted by Crippen LogP contribution is -2.64. The molecular weight excluding hydrogens is 219 g/mol. The van der Waals surface area contributed by atoms with Crippen molar-refractivity contribution < 1.29 is 18.3 Å².